The Balaban J connectivity index is 1.88. The zero-order valence-electron chi connectivity index (χ0n) is 13.9. The molecule has 6 nitrogen and oxygen atoms in total. The lowest BCUT2D eigenvalue weighted by Gasteiger charge is -2.13. The van der Waals surface area contributed by atoms with E-state index in [1.165, 1.54) is 7.11 Å². The van der Waals surface area contributed by atoms with Gasteiger partial charge in [0, 0.05) is 0 Å². The van der Waals surface area contributed by atoms with Crippen molar-refractivity contribution >= 4 is 11.9 Å². The summed E-state index contributed by atoms with van der Waals surface area (Å²) in [5.41, 5.74) is 7.98. The van der Waals surface area contributed by atoms with Gasteiger partial charge in [0.1, 0.15) is 12.6 Å². The quantitative estimate of drug-likeness (QED) is 0.739. The molecule has 0 amide bonds. The first-order chi connectivity index (χ1) is 12.0. The minimum atomic E-state index is -1.33. The number of carbonyl (C=O) groups excluding carboxylic acids is 2. The zero-order chi connectivity index (χ0) is 18.2. The third-order valence-electron chi connectivity index (χ3n) is 3.70. The predicted octanol–water partition coefficient (Wildman–Crippen LogP) is 1.51. The van der Waals surface area contributed by atoms with Gasteiger partial charge in [-0.3, -0.25) is 4.79 Å². The van der Waals surface area contributed by atoms with Crippen LogP contribution in [0.1, 0.15) is 22.8 Å². The second-order valence-electron chi connectivity index (χ2n) is 5.57. The van der Waals surface area contributed by atoms with E-state index in [9.17, 15) is 14.7 Å². The van der Waals surface area contributed by atoms with E-state index in [4.69, 9.17) is 10.5 Å². The van der Waals surface area contributed by atoms with Crippen molar-refractivity contribution in [3.63, 3.8) is 0 Å². The fourth-order valence-electron chi connectivity index (χ4n) is 2.26. The average Bonchev–Trinajstić information content (AvgIpc) is 2.66. The lowest BCUT2D eigenvalue weighted by atomic mass is 10.0. The number of aliphatic hydroxyl groups is 1. The van der Waals surface area contributed by atoms with E-state index >= 15 is 0 Å². The molecule has 0 spiro atoms. The van der Waals surface area contributed by atoms with Gasteiger partial charge in [-0.15, -0.1) is 0 Å². The Hall–Kier alpha value is -2.70. The highest BCUT2D eigenvalue weighted by Crippen LogP contribution is 2.16. The maximum Gasteiger partial charge on any atom is 0.339 e. The molecule has 0 heterocycles. The summed E-state index contributed by atoms with van der Waals surface area (Å²) in [7, 11) is 1.21. The molecule has 0 aromatic heterocycles. The summed E-state index contributed by atoms with van der Waals surface area (Å²) in [6.07, 6.45) is -1.04. The van der Waals surface area contributed by atoms with Crippen LogP contribution in [0.15, 0.2) is 54.6 Å². The fourth-order valence-corrected chi connectivity index (χ4v) is 2.26. The molecular formula is C19H21NO5. The number of methoxy groups -OCH3 is 1. The Morgan fingerprint density at radius 2 is 1.64 bits per heavy atom. The van der Waals surface area contributed by atoms with Crippen LogP contribution in [-0.4, -0.2) is 30.2 Å². The van der Waals surface area contributed by atoms with E-state index in [0.717, 1.165) is 11.1 Å². The Bertz CT molecular complexity index is 700. The van der Waals surface area contributed by atoms with Crippen LogP contribution in [0.3, 0.4) is 0 Å². The van der Waals surface area contributed by atoms with Crippen molar-refractivity contribution in [2.45, 2.75) is 25.2 Å². The number of benzene rings is 2. The SMILES string of the molecule is COC(=O)C(O)c1ccc(C[C@H](N)C(=O)OCc2ccccc2)cc1. The summed E-state index contributed by atoms with van der Waals surface area (Å²) in [6, 6.07) is 15.2. The molecule has 2 atom stereocenters. The molecule has 0 saturated heterocycles. The van der Waals surface area contributed by atoms with Crippen molar-refractivity contribution in [1.29, 1.82) is 0 Å². The molecule has 0 saturated carbocycles. The van der Waals surface area contributed by atoms with Crippen LogP contribution in [-0.2, 0) is 32.1 Å². The number of aliphatic hydroxyl groups excluding tert-OH is 1. The van der Waals surface area contributed by atoms with Gasteiger partial charge in [-0.25, -0.2) is 4.79 Å². The fraction of sp³-hybridized carbons (Fsp3) is 0.263. The second-order valence-corrected chi connectivity index (χ2v) is 5.57. The Morgan fingerprint density at radius 1 is 1.00 bits per heavy atom. The Kier molecular flexibility index (Phi) is 6.68. The van der Waals surface area contributed by atoms with Crippen molar-refractivity contribution in [2.24, 2.45) is 5.73 Å². The minimum absolute atomic E-state index is 0.178. The van der Waals surface area contributed by atoms with E-state index in [0.29, 0.717) is 12.0 Å². The van der Waals surface area contributed by atoms with Crippen molar-refractivity contribution in [3.8, 4) is 0 Å². The maximum absolute atomic E-state index is 12.0. The number of hydrogen-bond acceptors (Lipinski definition) is 6. The first kappa shape index (κ1) is 18.6. The third-order valence-corrected chi connectivity index (χ3v) is 3.70. The maximum atomic E-state index is 12.0. The van der Waals surface area contributed by atoms with Crippen LogP contribution in [0.5, 0.6) is 0 Å². The van der Waals surface area contributed by atoms with Crippen molar-refractivity contribution in [1.82, 2.24) is 0 Å². The van der Waals surface area contributed by atoms with Crippen LogP contribution in [0.25, 0.3) is 0 Å². The summed E-state index contributed by atoms with van der Waals surface area (Å²) >= 11 is 0. The molecule has 0 aliphatic carbocycles. The number of ether oxygens (including phenoxy) is 2. The lowest BCUT2D eigenvalue weighted by Crippen LogP contribution is -2.34. The summed E-state index contributed by atoms with van der Waals surface area (Å²) in [5, 5.41) is 9.75. The van der Waals surface area contributed by atoms with Crippen molar-refractivity contribution < 1.29 is 24.2 Å². The number of hydrogen-bond donors (Lipinski definition) is 2. The molecule has 2 rings (SSSR count). The van der Waals surface area contributed by atoms with Gasteiger partial charge in [0.2, 0.25) is 0 Å². The smallest absolute Gasteiger partial charge is 0.339 e. The molecule has 2 aromatic carbocycles. The second kappa shape index (κ2) is 8.96. The molecule has 6 heteroatoms. The molecule has 0 aliphatic heterocycles. The first-order valence-electron chi connectivity index (χ1n) is 7.82. The van der Waals surface area contributed by atoms with Crippen LogP contribution in [0.2, 0.25) is 0 Å². The van der Waals surface area contributed by atoms with E-state index in [2.05, 4.69) is 4.74 Å². The monoisotopic (exact) mass is 343 g/mol. The van der Waals surface area contributed by atoms with Gasteiger partial charge in [-0.05, 0) is 23.1 Å². The molecule has 0 bridgehead atoms. The Labute approximate surface area is 146 Å². The van der Waals surface area contributed by atoms with Crippen LogP contribution in [0, 0.1) is 0 Å². The van der Waals surface area contributed by atoms with Gasteiger partial charge >= 0.3 is 11.9 Å². The van der Waals surface area contributed by atoms with Gasteiger partial charge in [0.05, 0.1) is 7.11 Å². The molecule has 3 N–H and O–H groups in total. The molecule has 0 aliphatic rings. The van der Waals surface area contributed by atoms with E-state index < -0.39 is 24.1 Å². The van der Waals surface area contributed by atoms with E-state index in [1.54, 1.807) is 24.3 Å². The zero-order valence-corrected chi connectivity index (χ0v) is 13.9. The molecule has 0 radical (unpaired) electrons. The van der Waals surface area contributed by atoms with Gasteiger partial charge in [-0.2, -0.15) is 0 Å². The number of nitrogens with two attached hydrogens (primary N) is 1. The number of esters is 2. The number of carbonyl (C=O) groups is 2. The highest BCUT2D eigenvalue weighted by atomic mass is 16.5. The molecule has 25 heavy (non-hydrogen) atoms. The lowest BCUT2D eigenvalue weighted by molar-refractivity contribution is -0.150. The molecule has 132 valence electrons. The summed E-state index contributed by atoms with van der Waals surface area (Å²) in [4.78, 5) is 23.3. The first-order valence-corrected chi connectivity index (χ1v) is 7.82. The normalized spacial score (nSPS) is 12.9. The highest BCUT2D eigenvalue weighted by molar-refractivity contribution is 5.76. The van der Waals surface area contributed by atoms with Gasteiger partial charge < -0.3 is 20.3 Å². The van der Waals surface area contributed by atoms with Crippen LogP contribution >= 0.6 is 0 Å². The highest BCUT2D eigenvalue weighted by Gasteiger charge is 2.19. The molecular weight excluding hydrogens is 322 g/mol. The molecule has 2 aromatic rings. The van der Waals surface area contributed by atoms with E-state index in [-0.39, 0.29) is 6.61 Å². The van der Waals surface area contributed by atoms with Crippen LogP contribution in [0.4, 0.5) is 0 Å². The predicted molar refractivity (Wildman–Crippen MR) is 91.3 cm³/mol. The van der Waals surface area contributed by atoms with Gasteiger partial charge in [-0.1, -0.05) is 54.6 Å². The summed E-state index contributed by atoms with van der Waals surface area (Å²) in [5.74, 6) is -1.21. The third kappa shape index (κ3) is 5.41. The average molecular weight is 343 g/mol. The Morgan fingerprint density at radius 3 is 2.24 bits per heavy atom. The van der Waals surface area contributed by atoms with Crippen LogP contribution < -0.4 is 5.73 Å². The number of rotatable bonds is 7. The van der Waals surface area contributed by atoms with Crippen molar-refractivity contribution in [2.75, 3.05) is 7.11 Å². The molecule has 0 fully saturated rings. The van der Waals surface area contributed by atoms with Crippen molar-refractivity contribution in [3.05, 3.63) is 71.3 Å². The van der Waals surface area contributed by atoms with Gasteiger partial charge in [0.15, 0.2) is 6.10 Å². The summed E-state index contributed by atoms with van der Waals surface area (Å²) in [6.45, 7) is 0.178. The molecule has 1 unspecified atom stereocenters. The summed E-state index contributed by atoms with van der Waals surface area (Å²) < 4.78 is 9.69. The van der Waals surface area contributed by atoms with Gasteiger partial charge in [0.25, 0.3) is 0 Å². The topological polar surface area (TPSA) is 98.9 Å². The largest absolute Gasteiger partial charge is 0.467 e. The standard InChI is InChI=1S/C19H21NO5/c1-24-19(23)17(21)15-9-7-13(8-10-15)11-16(20)18(22)25-12-14-5-3-2-4-6-14/h2-10,16-17,21H,11-12,20H2,1H3/t16-,17?/m0/s1. The minimum Gasteiger partial charge on any atom is -0.467 e. The van der Waals surface area contributed by atoms with E-state index in [1.807, 2.05) is 30.3 Å².